The largest absolute Gasteiger partial charge is 0.381 e. The first-order valence-corrected chi connectivity index (χ1v) is 6.91. The Balaban J connectivity index is 2.01. The van der Waals surface area contributed by atoms with Crippen LogP contribution in [-0.2, 0) is 4.74 Å². The summed E-state index contributed by atoms with van der Waals surface area (Å²) in [6.07, 6.45) is 2.20. The van der Waals surface area contributed by atoms with E-state index in [2.05, 4.69) is 4.98 Å². The fourth-order valence-corrected chi connectivity index (χ4v) is 2.64. The molecule has 0 saturated carbocycles. The van der Waals surface area contributed by atoms with Gasteiger partial charge in [0.2, 0.25) is 0 Å². The monoisotopic (exact) mass is 282 g/mol. The minimum Gasteiger partial charge on any atom is -0.381 e. The molecule has 19 heavy (non-hydrogen) atoms. The van der Waals surface area contributed by atoms with Crippen LogP contribution in [-0.4, -0.2) is 42.6 Å². The maximum absolute atomic E-state index is 12.3. The molecular weight excluding hydrogens is 264 g/mol. The van der Waals surface area contributed by atoms with E-state index < -0.39 is 0 Å². The van der Waals surface area contributed by atoms with Crippen molar-refractivity contribution in [3.8, 4) is 0 Å². The van der Waals surface area contributed by atoms with Gasteiger partial charge in [0.05, 0.1) is 6.61 Å². The zero-order valence-corrected chi connectivity index (χ0v) is 12.1. The van der Waals surface area contributed by atoms with E-state index in [1.807, 2.05) is 14.0 Å². The normalized spacial score (nSPS) is 19.2. The SMILES string of the molecule is Cc1cc(C(=O)N(C)CC2CCCOC2)cc(Cl)n1. The van der Waals surface area contributed by atoms with Crippen molar-refractivity contribution in [2.24, 2.45) is 5.92 Å². The lowest BCUT2D eigenvalue weighted by atomic mass is 10.0. The highest BCUT2D eigenvalue weighted by molar-refractivity contribution is 6.29. The van der Waals surface area contributed by atoms with Gasteiger partial charge in [0, 0.05) is 31.5 Å². The van der Waals surface area contributed by atoms with Gasteiger partial charge in [-0.15, -0.1) is 0 Å². The molecule has 0 aliphatic carbocycles. The molecule has 104 valence electrons. The Hall–Kier alpha value is -1.13. The zero-order valence-electron chi connectivity index (χ0n) is 11.4. The molecule has 0 radical (unpaired) electrons. The molecule has 2 heterocycles. The van der Waals surface area contributed by atoms with E-state index in [1.165, 1.54) is 0 Å². The third-order valence-electron chi connectivity index (χ3n) is 3.30. The van der Waals surface area contributed by atoms with E-state index in [0.29, 0.717) is 16.6 Å². The van der Waals surface area contributed by atoms with Gasteiger partial charge in [-0.2, -0.15) is 0 Å². The molecule has 0 aromatic carbocycles. The highest BCUT2D eigenvalue weighted by Crippen LogP contribution is 2.17. The average Bonchev–Trinajstić information content (AvgIpc) is 2.37. The summed E-state index contributed by atoms with van der Waals surface area (Å²) < 4.78 is 5.44. The molecule has 1 aromatic rings. The number of pyridine rings is 1. The maximum atomic E-state index is 12.3. The fraction of sp³-hybridized carbons (Fsp3) is 0.571. The second-order valence-corrected chi connectivity index (χ2v) is 5.48. The number of ether oxygens (including phenoxy) is 1. The van der Waals surface area contributed by atoms with Crippen molar-refractivity contribution < 1.29 is 9.53 Å². The van der Waals surface area contributed by atoms with Gasteiger partial charge in [0.1, 0.15) is 5.15 Å². The number of halogens is 1. The second kappa shape index (κ2) is 6.35. The lowest BCUT2D eigenvalue weighted by molar-refractivity contribution is 0.0388. The van der Waals surface area contributed by atoms with Crippen molar-refractivity contribution >= 4 is 17.5 Å². The van der Waals surface area contributed by atoms with E-state index >= 15 is 0 Å². The van der Waals surface area contributed by atoms with Crippen LogP contribution in [0.2, 0.25) is 5.15 Å². The van der Waals surface area contributed by atoms with Crippen LogP contribution in [0.25, 0.3) is 0 Å². The highest BCUT2D eigenvalue weighted by Gasteiger charge is 2.20. The summed E-state index contributed by atoms with van der Waals surface area (Å²) in [5.41, 5.74) is 1.35. The molecule has 1 aromatic heterocycles. The van der Waals surface area contributed by atoms with Crippen LogP contribution < -0.4 is 0 Å². The number of amides is 1. The summed E-state index contributed by atoms with van der Waals surface area (Å²) in [6, 6.07) is 3.38. The number of rotatable bonds is 3. The van der Waals surface area contributed by atoms with Gasteiger partial charge < -0.3 is 9.64 Å². The van der Waals surface area contributed by atoms with Crippen LogP contribution >= 0.6 is 11.6 Å². The third-order valence-corrected chi connectivity index (χ3v) is 3.50. The second-order valence-electron chi connectivity index (χ2n) is 5.09. The molecular formula is C14H19ClN2O2. The van der Waals surface area contributed by atoms with Crippen LogP contribution in [0.15, 0.2) is 12.1 Å². The molecule has 5 heteroatoms. The first-order valence-electron chi connectivity index (χ1n) is 6.53. The number of aryl methyl sites for hydroxylation is 1. The van der Waals surface area contributed by atoms with Crippen molar-refractivity contribution in [2.45, 2.75) is 19.8 Å². The molecule has 0 spiro atoms. The van der Waals surface area contributed by atoms with E-state index in [4.69, 9.17) is 16.3 Å². The van der Waals surface area contributed by atoms with Gasteiger partial charge in [-0.05, 0) is 37.8 Å². The van der Waals surface area contributed by atoms with Crippen LogP contribution in [0.3, 0.4) is 0 Å². The molecule has 1 saturated heterocycles. The molecule has 4 nitrogen and oxygen atoms in total. The molecule has 1 unspecified atom stereocenters. The highest BCUT2D eigenvalue weighted by atomic mass is 35.5. The predicted octanol–water partition coefficient (Wildman–Crippen LogP) is 2.54. The summed E-state index contributed by atoms with van der Waals surface area (Å²) in [4.78, 5) is 18.1. The lowest BCUT2D eigenvalue weighted by Crippen LogP contribution is -2.35. The average molecular weight is 283 g/mol. The van der Waals surface area contributed by atoms with Gasteiger partial charge in [-0.25, -0.2) is 4.98 Å². The molecule has 0 bridgehead atoms. The Bertz CT molecular complexity index is 439. The maximum Gasteiger partial charge on any atom is 0.253 e. The van der Waals surface area contributed by atoms with Crippen molar-refractivity contribution in [3.63, 3.8) is 0 Å². The number of aromatic nitrogens is 1. The van der Waals surface area contributed by atoms with Crippen LogP contribution in [0.4, 0.5) is 0 Å². The number of carbonyl (C=O) groups is 1. The van der Waals surface area contributed by atoms with Crippen molar-refractivity contribution in [3.05, 3.63) is 28.5 Å². The minimum atomic E-state index is -0.0158. The Morgan fingerprint density at radius 3 is 3.00 bits per heavy atom. The number of hydrogen-bond acceptors (Lipinski definition) is 3. The quantitative estimate of drug-likeness (QED) is 0.800. The number of nitrogens with zero attached hydrogens (tertiary/aromatic N) is 2. The van der Waals surface area contributed by atoms with Gasteiger partial charge in [0.15, 0.2) is 0 Å². The summed E-state index contributed by atoms with van der Waals surface area (Å²) in [5.74, 6) is 0.416. The van der Waals surface area contributed by atoms with Gasteiger partial charge in [-0.3, -0.25) is 4.79 Å². The van der Waals surface area contributed by atoms with Gasteiger partial charge in [0.25, 0.3) is 5.91 Å². The predicted molar refractivity (Wildman–Crippen MR) is 74.5 cm³/mol. The molecule has 0 N–H and O–H groups in total. The molecule has 1 fully saturated rings. The van der Waals surface area contributed by atoms with Gasteiger partial charge >= 0.3 is 0 Å². The summed E-state index contributed by atoms with van der Waals surface area (Å²) in [7, 11) is 1.82. The zero-order chi connectivity index (χ0) is 13.8. The summed E-state index contributed by atoms with van der Waals surface area (Å²) >= 11 is 5.89. The van der Waals surface area contributed by atoms with Gasteiger partial charge in [-0.1, -0.05) is 11.6 Å². The van der Waals surface area contributed by atoms with Crippen molar-refractivity contribution in [1.29, 1.82) is 0 Å². The molecule has 1 aliphatic rings. The van der Waals surface area contributed by atoms with E-state index in [-0.39, 0.29) is 5.91 Å². The third kappa shape index (κ3) is 3.91. The van der Waals surface area contributed by atoms with Crippen LogP contribution in [0, 0.1) is 12.8 Å². The number of hydrogen-bond donors (Lipinski definition) is 0. The fourth-order valence-electron chi connectivity index (χ4n) is 2.39. The van der Waals surface area contributed by atoms with E-state index in [1.54, 1.807) is 17.0 Å². The van der Waals surface area contributed by atoms with E-state index in [9.17, 15) is 4.79 Å². The molecule has 1 amide bonds. The number of carbonyl (C=O) groups excluding carboxylic acids is 1. The smallest absolute Gasteiger partial charge is 0.253 e. The first kappa shape index (κ1) is 14.3. The van der Waals surface area contributed by atoms with Crippen LogP contribution in [0.1, 0.15) is 28.9 Å². The topological polar surface area (TPSA) is 42.4 Å². The van der Waals surface area contributed by atoms with Crippen LogP contribution in [0.5, 0.6) is 0 Å². The molecule has 2 rings (SSSR count). The minimum absolute atomic E-state index is 0.0158. The molecule has 1 atom stereocenters. The molecule has 1 aliphatic heterocycles. The summed E-state index contributed by atoms with van der Waals surface area (Å²) in [6.45, 7) is 4.14. The Kier molecular flexibility index (Phi) is 4.77. The lowest BCUT2D eigenvalue weighted by Gasteiger charge is -2.27. The van der Waals surface area contributed by atoms with Crippen molar-refractivity contribution in [1.82, 2.24) is 9.88 Å². The Morgan fingerprint density at radius 1 is 1.58 bits per heavy atom. The Labute approximate surface area is 118 Å². The summed E-state index contributed by atoms with van der Waals surface area (Å²) in [5, 5.41) is 0.359. The Morgan fingerprint density at radius 2 is 2.37 bits per heavy atom. The van der Waals surface area contributed by atoms with E-state index in [0.717, 1.165) is 38.3 Å². The van der Waals surface area contributed by atoms with Crippen molar-refractivity contribution in [2.75, 3.05) is 26.8 Å². The first-order chi connectivity index (χ1) is 9.06. The standard InChI is InChI=1S/C14H19ClN2O2/c1-10-6-12(7-13(15)16-10)14(18)17(2)8-11-4-3-5-19-9-11/h6-7,11H,3-5,8-9H2,1-2H3.